The SMILES string of the molecule is Cc1ccnc(-n2ccc(C(F)(F)F)n2)c1C#N. The van der Waals surface area contributed by atoms with Crippen molar-refractivity contribution in [2.75, 3.05) is 0 Å². The predicted molar refractivity (Wildman–Crippen MR) is 55.8 cm³/mol. The van der Waals surface area contributed by atoms with Gasteiger partial charge in [-0.3, -0.25) is 0 Å². The van der Waals surface area contributed by atoms with Gasteiger partial charge in [-0.25, -0.2) is 9.67 Å². The number of aryl methyl sites for hydroxylation is 1. The van der Waals surface area contributed by atoms with E-state index in [-0.39, 0.29) is 11.4 Å². The van der Waals surface area contributed by atoms with Gasteiger partial charge in [0.2, 0.25) is 0 Å². The molecule has 2 aromatic rings. The van der Waals surface area contributed by atoms with E-state index in [9.17, 15) is 13.2 Å². The summed E-state index contributed by atoms with van der Waals surface area (Å²) in [6, 6.07) is 4.35. The van der Waals surface area contributed by atoms with Crippen LogP contribution in [0.5, 0.6) is 0 Å². The van der Waals surface area contributed by atoms with E-state index < -0.39 is 11.9 Å². The molecule has 0 saturated carbocycles. The molecule has 7 heteroatoms. The lowest BCUT2D eigenvalue weighted by atomic mass is 10.1. The van der Waals surface area contributed by atoms with Crippen LogP contribution in [0.3, 0.4) is 0 Å². The number of alkyl halides is 3. The second-order valence-electron chi connectivity index (χ2n) is 3.58. The highest BCUT2D eigenvalue weighted by Gasteiger charge is 2.33. The Hall–Kier alpha value is -2.36. The van der Waals surface area contributed by atoms with Crippen molar-refractivity contribution >= 4 is 0 Å². The van der Waals surface area contributed by atoms with Gasteiger partial charge in [0, 0.05) is 12.4 Å². The van der Waals surface area contributed by atoms with Crippen molar-refractivity contribution in [3.05, 3.63) is 41.3 Å². The molecular formula is C11H7F3N4. The molecule has 0 fully saturated rings. The van der Waals surface area contributed by atoms with Gasteiger partial charge in [0.15, 0.2) is 11.5 Å². The highest BCUT2D eigenvalue weighted by molar-refractivity contribution is 5.47. The molecule has 0 amide bonds. The van der Waals surface area contributed by atoms with E-state index in [1.165, 1.54) is 6.20 Å². The van der Waals surface area contributed by atoms with Gasteiger partial charge in [0.1, 0.15) is 6.07 Å². The fourth-order valence-corrected chi connectivity index (χ4v) is 1.45. The minimum Gasteiger partial charge on any atom is -0.236 e. The van der Waals surface area contributed by atoms with Gasteiger partial charge in [-0.2, -0.15) is 23.5 Å². The Labute approximate surface area is 100 Å². The first kappa shape index (κ1) is 12.1. The smallest absolute Gasteiger partial charge is 0.236 e. The molecule has 0 radical (unpaired) electrons. The highest BCUT2D eigenvalue weighted by Crippen LogP contribution is 2.28. The summed E-state index contributed by atoms with van der Waals surface area (Å²) >= 11 is 0. The summed E-state index contributed by atoms with van der Waals surface area (Å²) < 4.78 is 38.2. The number of pyridine rings is 1. The van der Waals surface area contributed by atoms with Crippen molar-refractivity contribution in [1.29, 1.82) is 5.26 Å². The average molecular weight is 252 g/mol. The molecule has 0 bridgehead atoms. The zero-order chi connectivity index (χ0) is 13.3. The molecule has 2 heterocycles. The van der Waals surface area contributed by atoms with Crippen LogP contribution in [-0.4, -0.2) is 14.8 Å². The highest BCUT2D eigenvalue weighted by atomic mass is 19.4. The minimum absolute atomic E-state index is 0.0907. The number of aromatic nitrogens is 3. The summed E-state index contributed by atoms with van der Waals surface area (Å²) in [6.45, 7) is 1.68. The Morgan fingerprint density at radius 2 is 2.06 bits per heavy atom. The van der Waals surface area contributed by atoms with Crippen molar-refractivity contribution in [1.82, 2.24) is 14.8 Å². The molecule has 18 heavy (non-hydrogen) atoms. The van der Waals surface area contributed by atoms with Crippen molar-refractivity contribution in [2.45, 2.75) is 13.1 Å². The fourth-order valence-electron chi connectivity index (χ4n) is 1.45. The molecule has 2 aromatic heterocycles. The number of halogens is 3. The molecule has 0 saturated heterocycles. The third-order valence-corrected chi connectivity index (χ3v) is 2.35. The van der Waals surface area contributed by atoms with Crippen LogP contribution in [0.25, 0.3) is 5.82 Å². The molecule has 0 unspecified atom stereocenters. The van der Waals surface area contributed by atoms with Crippen LogP contribution < -0.4 is 0 Å². The third-order valence-electron chi connectivity index (χ3n) is 2.35. The normalized spacial score (nSPS) is 11.3. The lowest BCUT2D eigenvalue weighted by Gasteiger charge is -2.05. The van der Waals surface area contributed by atoms with Crippen molar-refractivity contribution in [2.24, 2.45) is 0 Å². The van der Waals surface area contributed by atoms with Crippen LogP contribution in [0.4, 0.5) is 13.2 Å². The average Bonchev–Trinajstić information content (AvgIpc) is 2.77. The van der Waals surface area contributed by atoms with Gasteiger partial charge in [-0.05, 0) is 24.6 Å². The van der Waals surface area contributed by atoms with Crippen LogP contribution in [0, 0.1) is 18.3 Å². The van der Waals surface area contributed by atoms with Crippen LogP contribution >= 0.6 is 0 Å². The van der Waals surface area contributed by atoms with E-state index in [4.69, 9.17) is 5.26 Å². The van der Waals surface area contributed by atoms with Gasteiger partial charge < -0.3 is 0 Å². The number of nitriles is 1. The topological polar surface area (TPSA) is 54.5 Å². The van der Waals surface area contributed by atoms with Gasteiger partial charge in [-0.15, -0.1) is 0 Å². The molecule has 0 atom stereocenters. The summed E-state index contributed by atoms with van der Waals surface area (Å²) in [4.78, 5) is 3.89. The molecular weight excluding hydrogens is 245 g/mol. The van der Waals surface area contributed by atoms with Crippen LogP contribution in [0.2, 0.25) is 0 Å². The maximum absolute atomic E-state index is 12.4. The molecule has 92 valence electrons. The van der Waals surface area contributed by atoms with Crippen molar-refractivity contribution < 1.29 is 13.2 Å². The Bertz CT molecular complexity index is 622. The molecule has 4 nitrogen and oxygen atoms in total. The second-order valence-corrected chi connectivity index (χ2v) is 3.58. The minimum atomic E-state index is -4.51. The summed E-state index contributed by atoms with van der Waals surface area (Å²) in [5.74, 6) is 0.0907. The molecule has 0 aromatic carbocycles. The lowest BCUT2D eigenvalue weighted by Crippen LogP contribution is -2.09. The maximum Gasteiger partial charge on any atom is 0.435 e. The fraction of sp³-hybridized carbons (Fsp3) is 0.182. The first-order valence-corrected chi connectivity index (χ1v) is 4.92. The third kappa shape index (κ3) is 2.05. The van der Waals surface area contributed by atoms with Crippen molar-refractivity contribution in [3.8, 4) is 11.9 Å². The van der Waals surface area contributed by atoms with Crippen LogP contribution in [-0.2, 0) is 6.18 Å². The predicted octanol–water partition coefficient (Wildman–Crippen LogP) is 2.47. The molecule has 2 rings (SSSR count). The number of hydrogen-bond donors (Lipinski definition) is 0. The van der Waals surface area contributed by atoms with Gasteiger partial charge in [0.25, 0.3) is 0 Å². The summed E-state index contributed by atoms with van der Waals surface area (Å²) in [5.41, 5.74) is -0.185. The monoisotopic (exact) mass is 252 g/mol. The van der Waals surface area contributed by atoms with E-state index in [0.29, 0.717) is 5.56 Å². The van der Waals surface area contributed by atoms with E-state index in [2.05, 4.69) is 10.1 Å². The number of hydrogen-bond acceptors (Lipinski definition) is 3. The van der Waals surface area contributed by atoms with E-state index in [1.54, 1.807) is 13.0 Å². The van der Waals surface area contributed by atoms with Gasteiger partial charge in [0.05, 0.1) is 5.56 Å². The molecule has 0 N–H and O–H groups in total. The lowest BCUT2D eigenvalue weighted by molar-refractivity contribution is -0.141. The molecule has 0 aliphatic rings. The Morgan fingerprint density at radius 1 is 1.33 bits per heavy atom. The largest absolute Gasteiger partial charge is 0.435 e. The number of nitrogens with zero attached hydrogens (tertiary/aromatic N) is 4. The van der Waals surface area contributed by atoms with Gasteiger partial charge >= 0.3 is 6.18 Å². The first-order chi connectivity index (χ1) is 8.43. The van der Waals surface area contributed by atoms with Crippen molar-refractivity contribution in [3.63, 3.8) is 0 Å². The van der Waals surface area contributed by atoms with E-state index in [1.807, 2.05) is 6.07 Å². The van der Waals surface area contributed by atoms with E-state index >= 15 is 0 Å². The molecule has 0 spiro atoms. The second kappa shape index (κ2) is 4.14. The zero-order valence-corrected chi connectivity index (χ0v) is 9.23. The maximum atomic E-state index is 12.4. The Kier molecular flexibility index (Phi) is 2.79. The van der Waals surface area contributed by atoms with Gasteiger partial charge in [-0.1, -0.05) is 0 Å². The van der Waals surface area contributed by atoms with Crippen LogP contribution in [0.1, 0.15) is 16.8 Å². The summed E-state index contributed by atoms with van der Waals surface area (Å²) in [5, 5.41) is 12.4. The summed E-state index contributed by atoms with van der Waals surface area (Å²) in [6.07, 6.45) is -1.96. The molecule has 0 aliphatic carbocycles. The zero-order valence-electron chi connectivity index (χ0n) is 9.23. The molecule has 0 aliphatic heterocycles. The van der Waals surface area contributed by atoms with Crippen LogP contribution in [0.15, 0.2) is 24.5 Å². The quantitative estimate of drug-likeness (QED) is 0.783. The first-order valence-electron chi connectivity index (χ1n) is 4.92. The Balaban J connectivity index is 2.54. The van der Waals surface area contributed by atoms with E-state index in [0.717, 1.165) is 16.9 Å². The summed E-state index contributed by atoms with van der Waals surface area (Å²) in [7, 11) is 0. The standard InChI is InChI=1S/C11H7F3N4/c1-7-2-4-16-10(8(7)6-15)18-5-3-9(17-18)11(12,13)14/h2-5H,1H3. The number of rotatable bonds is 1. The Morgan fingerprint density at radius 3 is 2.61 bits per heavy atom.